The smallest absolute Gasteiger partial charge is 0.277 e. The van der Waals surface area contributed by atoms with Crippen molar-refractivity contribution in [2.75, 3.05) is 11.9 Å². The van der Waals surface area contributed by atoms with E-state index in [1.807, 2.05) is 22.6 Å². The molecule has 2 heterocycles. The fourth-order valence-electron chi connectivity index (χ4n) is 4.09. The summed E-state index contributed by atoms with van der Waals surface area (Å²) in [6.07, 6.45) is 4.87. The predicted octanol–water partition coefficient (Wildman–Crippen LogP) is 6.22. The molecule has 43 heavy (non-hydrogen) atoms. The van der Waals surface area contributed by atoms with E-state index in [-0.39, 0.29) is 36.3 Å². The van der Waals surface area contributed by atoms with Crippen molar-refractivity contribution in [2.45, 2.75) is 30.8 Å². The van der Waals surface area contributed by atoms with Crippen molar-refractivity contribution in [1.82, 2.24) is 19.8 Å². The van der Waals surface area contributed by atoms with Crippen LogP contribution < -0.4 is 10.8 Å². The van der Waals surface area contributed by atoms with E-state index in [0.29, 0.717) is 11.4 Å². The van der Waals surface area contributed by atoms with Crippen LogP contribution in [0.15, 0.2) is 78.0 Å². The summed E-state index contributed by atoms with van der Waals surface area (Å²) in [4.78, 5) is 25.9. The van der Waals surface area contributed by atoms with Crippen LogP contribution in [0.5, 0.6) is 0 Å². The minimum absolute atomic E-state index is 0.177. The number of hydrogen-bond acceptors (Lipinski definition) is 7. The van der Waals surface area contributed by atoms with Crippen molar-refractivity contribution in [3.63, 3.8) is 0 Å². The maximum atomic E-state index is 15.9. The van der Waals surface area contributed by atoms with Crippen LogP contribution in [0.2, 0.25) is 5.02 Å². The van der Waals surface area contributed by atoms with Gasteiger partial charge in [0, 0.05) is 16.0 Å². The summed E-state index contributed by atoms with van der Waals surface area (Å²) in [5.74, 6) is -3.94. The van der Waals surface area contributed by atoms with Crippen molar-refractivity contribution in [3.8, 4) is 0 Å². The van der Waals surface area contributed by atoms with E-state index in [1.54, 1.807) is 48.5 Å². The topological polar surface area (TPSA) is 114 Å². The molecule has 224 valence electrons. The van der Waals surface area contributed by atoms with Gasteiger partial charge in [0.25, 0.3) is 5.91 Å². The Morgan fingerprint density at radius 2 is 1.65 bits per heavy atom. The zero-order valence-electron chi connectivity index (χ0n) is 22.4. The lowest BCUT2D eigenvalue weighted by atomic mass is 10.1. The zero-order valence-corrected chi connectivity index (χ0v) is 26.2. The minimum atomic E-state index is -4.77. The summed E-state index contributed by atoms with van der Waals surface area (Å²) in [6, 6.07) is 15.5. The van der Waals surface area contributed by atoms with Crippen LogP contribution in [0.25, 0.3) is 0 Å². The van der Waals surface area contributed by atoms with E-state index in [4.69, 9.17) is 16.4 Å². The lowest BCUT2D eigenvalue weighted by Crippen LogP contribution is -2.32. The number of hydrogen-bond donors (Lipinski definition) is 2. The molecular formula is C29H25ClF2IN5O4S. The Morgan fingerprint density at radius 1 is 1.00 bits per heavy atom. The Labute approximate surface area is 265 Å². The first-order valence-corrected chi connectivity index (χ1v) is 16.0. The molecule has 0 unspecified atom stereocenters. The van der Waals surface area contributed by atoms with E-state index >= 15 is 8.78 Å². The first kappa shape index (κ1) is 31.2. The number of nitrogens with zero attached hydrogens (tertiary/aromatic N) is 3. The van der Waals surface area contributed by atoms with Crippen molar-refractivity contribution < 1.29 is 26.8 Å². The zero-order chi connectivity index (χ0) is 30.6. The SMILES string of the molecule is O=C(NOCC1CC1)c1cc(S(=O)(=O)N(Cc2ccccn2)Cc2ccccn2)c(F)c(F)c1Nc1ccc(I)cc1Cl. The van der Waals surface area contributed by atoms with Crippen LogP contribution in [0.4, 0.5) is 20.2 Å². The second-order valence-corrected chi connectivity index (χ2v) is 13.3. The average molecular weight is 740 g/mol. The molecule has 1 fully saturated rings. The van der Waals surface area contributed by atoms with Gasteiger partial charge in [0.15, 0.2) is 11.6 Å². The number of hydroxylamine groups is 1. The molecule has 0 radical (unpaired) electrons. The number of benzene rings is 2. The van der Waals surface area contributed by atoms with Gasteiger partial charge in [-0.2, -0.15) is 4.31 Å². The number of nitrogens with one attached hydrogen (secondary N) is 2. The number of aromatic nitrogens is 2. The highest BCUT2D eigenvalue weighted by atomic mass is 127. The summed E-state index contributed by atoms with van der Waals surface area (Å²) in [6.45, 7) is -0.315. The molecule has 1 amide bonds. The molecule has 0 bridgehead atoms. The number of amides is 1. The summed E-state index contributed by atoms with van der Waals surface area (Å²) < 4.78 is 61.4. The molecule has 2 aromatic carbocycles. The van der Waals surface area contributed by atoms with Crippen LogP contribution in [-0.4, -0.2) is 35.2 Å². The molecule has 0 saturated heterocycles. The van der Waals surface area contributed by atoms with Gasteiger partial charge in [0.05, 0.1) is 53.0 Å². The van der Waals surface area contributed by atoms with Crippen LogP contribution in [-0.2, 0) is 28.0 Å². The standard InChI is InChI=1S/C29H25ClF2IN5O4S/c30-23-13-19(33)9-10-24(23)36-28-22(29(39)37-42-17-18-7-8-18)14-25(26(31)27(28)32)43(40,41)38(15-20-5-1-3-11-34-20)16-21-6-2-4-12-35-21/h1-6,9-14,18,36H,7-8,15-17H2,(H,37,39). The maximum Gasteiger partial charge on any atom is 0.277 e. The van der Waals surface area contributed by atoms with Crippen molar-refractivity contribution in [1.29, 1.82) is 0 Å². The van der Waals surface area contributed by atoms with Gasteiger partial charge in [-0.1, -0.05) is 23.7 Å². The number of halogens is 4. The fourth-order valence-corrected chi connectivity index (χ4v) is 6.46. The number of carbonyl (C=O) groups is 1. The van der Waals surface area contributed by atoms with E-state index in [2.05, 4.69) is 20.8 Å². The fraction of sp³-hybridized carbons (Fsp3) is 0.207. The summed E-state index contributed by atoms with van der Waals surface area (Å²) >= 11 is 8.34. The van der Waals surface area contributed by atoms with Gasteiger partial charge in [-0.05, 0) is 89.9 Å². The number of sulfonamides is 1. The van der Waals surface area contributed by atoms with Gasteiger partial charge in [-0.3, -0.25) is 19.6 Å². The molecule has 0 spiro atoms. The highest BCUT2D eigenvalue weighted by Gasteiger charge is 2.34. The predicted molar refractivity (Wildman–Crippen MR) is 165 cm³/mol. The number of carbonyl (C=O) groups excluding carboxylic acids is 1. The number of pyridine rings is 2. The molecular weight excluding hydrogens is 715 g/mol. The largest absolute Gasteiger partial charge is 0.351 e. The Bertz CT molecular complexity index is 1690. The number of rotatable bonds is 12. The quantitative estimate of drug-likeness (QED) is 0.131. The Kier molecular flexibility index (Phi) is 9.86. The summed E-state index contributed by atoms with van der Waals surface area (Å²) in [5, 5.41) is 2.84. The Morgan fingerprint density at radius 3 is 2.21 bits per heavy atom. The van der Waals surface area contributed by atoms with E-state index in [9.17, 15) is 13.2 Å². The van der Waals surface area contributed by atoms with Gasteiger partial charge in [-0.25, -0.2) is 22.7 Å². The molecule has 4 aromatic rings. The third-order valence-corrected chi connectivity index (χ3v) is 9.31. The lowest BCUT2D eigenvalue weighted by molar-refractivity contribution is 0.0270. The van der Waals surface area contributed by atoms with Crippen LogP contribution >= 0.6 is 34.2 Å². The molecule has 5 rings (SSSR count). The van der Waals surface area contributed by atoms with Gasteiger partial charge in [0.1, 0.15) is 4.90 Å². The minimum Gasteiger partial charge on any atom is -0.351 e. The molecule has 1 saturated carbocycles. The summed E-state index contributed by atoms with van der Waals surface area (Å²) in [5.41, 5.74) is 2.02. The molecule has 0 atom stereocenters. The van der Waals surface area contributed by atoms with Crippen molar-refractivity contribution in [3.05, 3.63) is 110 Å². The van der Waals surface area contributed by atoms with Crippen LogP contribution in [0.1, 0.15) is 34.6 Å². The Hall–Kier alpha value is -3.24. The number of anilines is 2. The first-order chi connectivity index (χ1) is 20.6. The van der Waals surface area contributed by atoms with E-state index in [1.165, 1.54) is 18.5 Å². The van der Waals surface area contributed by atoms with Gasteiger partial charge in [0.2, 0.25) is 10.0 Å². The molecule has 2 aromatic heterocycles. The highest BCUT2D eigenvalue weighted by molar-refractivity contribution is 14.1. The molecule has 14 heteroatoms. The third kappa shape index (κ3) is 7.65. The highest BCUT2D eigenvalue weighted by Crippen LogP contribution is 2.35. The van der Waals surface area contributed by atoms with Crippen LogP contribution in [0.3, 0.4) is 0 Å². The molecule has 1 aliphatic carbocycles. The van der Waals surface area contributed by atoms with Crippen molar-refractivity contribution in [2.24, 2.45) is 5.92 Å². The van der Waals surface area contributed by atoms with Crippen molar-refractivity contribution >= 4 is 61.5 Å². The first-order valence-electron chi connectivity index (χ1n) is 13.1. The van der Waals surface area contributed by atoms with E-state index < -0.39 is 43.7 Å². The van der Waals surface area contributed by atoms with Gasteiger partial charge in [-0.15, -0.1) is 0 Å². The molecule has 1 aliphatic rings. The monoisotopic (exact) mass is 739 g/mol. The van der Waals surface area contributed by atoms with Crippen LogP contribution in [0, 0.1) is 21.1 Å². The average Bonchev–Trinajstić information content (AvgIpc) is 3.82. The maximum absolute atomic E-state index is 15.9. The van der Waals surface area contributed by atoms with Gasteiger partial charge >= 0.3 is 0 Å². The normalized spacial score (nSPS) is 13.2. The molecule has 9 nitrogen and oxygen atoms in total. The second-order valence-electron chi connectivity index (χ2n) is 9.78. The molecule has 2 N–H and O–H groups in total. The van der Waals surface area contributed by atoms with Gasteiger partial charge < -0.3 is 5.32 Å². The lowest BCUT2D eigenvalue weighted by Gasteiger charge is -2.23. The molecule has 0 aliphatic heterocycles. The summed E-state index contributed by atoms with van der Waals surface area (Å²) in [7, 11) is -4.77. The van der Waals surface area contributed by atoms with E-state index in [0.717, 1.165) is 26.8 Å². The third-order valence-electron chi connectivity index (χ3n) is 6.54. The second kappa shape index (κ2) is 13.6. The Balaban J connectivity index is 1.58.